The fourth-order valence-corrected chi connectivity index (χ4v) is 3.10. The van der Waals surface area contributed by atoms with Crippen molar-refractivity contribution in [2.75, 3.05) is 0 Å². The summed E-state index contributed by atoms with van der Waals surface area (Å²) >= 11 is 0. The lowest BCUT2D eigenvalue weighted by Gasteiger charge is -2.22. The van der Waals surface area contributed by atoms with Gasteiger partial charge in [0.15, 0.2) is 0 Å². The van der Waals surface area contributed by atoms with E-state index < -0.39 is 6.04 Å². The van der Waals surface area contributed by atoms with Crippen molar-refractivity contribution < 1.29 is 4.79 Å². The second kappa shape index (κ2) is 7.60. The largest absolute Gasteiger partial charge is 0.353 e. The Morgan fingerprint density at radius 1 is 1.19 bits per heavy atom. The van der Waals surface area contributed by atoms with Crippen molar-refractivity contribution in [1.82, 2.24) is 5.32 Å². The smallest absolute Gasteiger partial charge is 0.237 e. The molecule has 1 fully saturated rings. The third kappa shape index (κ3) is 4.85. The third-order valence-corrected chi connectivity index (χ3v) is 4.28. The Bertz CT molecular complexity index is 447. The Morgan fingerprint density at radius 2 is 1.81 bits per heavy atom. The summed E-state index contributed by atoms with van der Waals surface area (Å²) in [5.74, 6) is 0.659. The van der Waals surface area contributed by atoms with Crippen molar-refractivity contribution in [3.63, 3.8) is 0 Å². The first-order chi connectivity index (χ1) is 10.1. The Labute approximate surface area is 128 Å². The van der Waals surface area contributed by atoms with Gasteiger partial charge in [0, 0.05) is 6.04 Å². The standard InChI is InChI=1S/C18H28N2O/c1-13(2)20-18(21)17(19)12-14-8-10-16(11-9-14)15-6-4-3-5-7-15/h8-11,13,15,17H,3-7,12,19H2,1-2H3,(H,20,21). The van der Waals surface area contributed by atoms with E-state index in [9.17, 15) is 4.79 Å². The molecule has 1 aliphatic rings. The molecule has 0 aliphatic heterocycles. The van der Waals surface area contributed by atoms with E-state index in [0.29, 0.717) is 6.42 Å². The van der Waals surface area contributed by atoms with E-state index in [4.69, 9.17) is 5.73 Å². The highest BCUT2D eigenvalue weighted by molar-refractivity contribution is 5.82. The van der Waals surface area contributed by atoms with Gasteiger partial charge in [-0.15, -0.1) is 0 Å². The van der Waals surface area contributed by atoms with E-state index in [-0.39, 0.29) is 11.9 Å². The van der Waals surface area contributed by atoms with Crippen LogP contribution in [0, 0.1) is 0 Å². The average molecular weight is 288 g/mol. The molecule has 3 nitrogen and oxygen atoms in total. The zero-order valence-electron chi connectivity index (χ0n) is 13.3. The topological polar surface area (TPSA) is 55.1 Å². The quantitative estimate of drug-likeness (QED) is 0.874. The van der Waals surface area contributed by atoms with E-state index in [1.807, 2.05) is 13.8 Å². The van der Waals surface area contributed by atoms with Gasteiger partial charge in [0.1, 0.15) is 0 Å². The minimum absolute atomic E-state index is 0.0682. The van der Waals surface area contributed by atoms with E-state index in [1.54, 1.807) is 0 Å². The minimum Gasteiger partial charge on any atom is -0.353 e. The van der Waals surface area contributed by atoms with E-state index in [2.05, 4.69) is 29.6 Å². The Balaban J connectivity index is 1.91. The van der Waals surface area contributed by atoms with Gasteiger partial charge in [-0.3, -0.25) is 4.79 Å². The molecule has 1 amide bonds. The molecule has 21 heavy (non-hydrogen) atoms. The highest BCUT2D eigenvalue weighted by Gasteiger charge is 2.17. The van der Waals surface area contributed by atoms with Gasteiger partial charge in [0.05, 0.1) is 6.04 Å². The molecule has 1 aromatic carbocycles. The molecular formula is C18H28N2O. The van der Waals surface area contributed by atoms with Crippen LogP contribution in [0.4, 0.5) is 0 Å². The molecule has 1 unspecified atom stereocenters. The molecule has 1 saturated carbocycles. The third-order valence-electron chi connectivity index (χ3n) is 4.28. The molecule has 0 bridgehead atoms. The van der Waals surface area contributed by atoms with Gasteiger partial charge in [0.2, 0.25) is 5.91 Å². The summed E-state index contributed by atoms with van der Waals surface area (Å²) in [5.41, 5.74) is 8.55. The number of rotatable bonds is 5. The summed E-state index contributed by atoms with van der Waals surface area (Å²) in [6, 6.07) is 8.38. The summed E-state index contributed by atoms with van der Waals surface area (Å²) in [4.78, 5) is 11.8. The summed E-state index contributed by atoms with van der Waals surface area (Å²) < 4.78 is 0. The minimum atomic E-state index is -0.465. The van der Waals surface area contributed by atoms with Gasteiger partial charge in [-0.2, -0.15) is 0 Å². The van der Waals surface area contributed by atoms with Crippen LogP contribution < -0.4 is 11.1 Å². The van der Waals surface area contributed by atoms with Gasteiger partial charge in [-0.1, -0.05) is 43.5 Å². The van der Waals surface area contributed by atoms with E-state index in [0.717, 1.165) is 11.5 Å². The first-order valence-corrected chi connectivity index (χ1v) is 8.21. The maximum absolute atomic E-state index is 11.8. The molecule has 0 saturated heterocycles. The van der Waals surface area contributed by atoms with Crippen LogP contribution in [0.25, 0.3) is 0 Å². The molecular weight excluding hydrogens is 260 g/mol. The van der Waals surface area contributed by atoms with Gasteiger partial charge in [0.25, 0.3) is 0 Å². The van der Waals surface area contributed by atoms with Crippen molar-refractivity contribution in [1.29, 1.82) is 0 Å². The molecule has 1 atom stereocenters. The van der Waals surface area contributed by atoms with Crippen molar-refractivity contribution in [2.24, 2.45) is 5.73 Å². The van der Waals surface area contributed by atoms with Gasteiger partial charge in [-0.05, 0) is 50.2 Å². The number of amides is 1. The second-order valence-electron chi connectivity index (χ2n) is 6.55. The van der Waals surface area contributed by atoms with Crippen molar-refractivity contribution in [2.45, 2.75) is 70.4 Å². The molecule has 2 rings (SSSR count). The number of hydrogen-bond donors (Lipinski definition) is 2. The Morgan fingerprint density at radius 3 is 2.38 bits per heavy atom. The molecule has 116 valence electrons. The lowest BCUT2D eigenvalue weighted by Crippen LogP contribution is -2.44. The SMILES string of the molecule is CC(C)NC(=O)C(N)Cc1ccc(C2CCCCC2)cc1. The van der Waals surface area contributed by atoms with E-state index in [1.165, 1.54) is 37.7 Å². The number of benzene rings is 1. The van der Waals surface area contributed by atoms with Crippen LogP contribution in [-0.2, 0) is 11.2 Å². The fraction of sp³-hybridized carbons (Fsp3) is 0.611. The number of hydrogen-bond acceptors (Lipinski definition) is 2. The van der Waals surface area contributed by atoms with E-state index >= 15 is 0 Å². The molecule has 0 radical (unpaired) electrons. The predicted molar refractivity (Wildman–Crippen MR) is 87.2 cm³/mol. The highest BCUT2D eigenvalue weighted by atomic mass is 16.2. The molecule has 0 aromatic heterocycles. The van der Waals surface area contributed by atoms with Crippen LogP contribution in [0.3, 0.4) is 0 Å². The molecule has 1 aliphatic carbocycles. The highest BCUT2D eigenvalue weighted by Crippen LogP contribution is 2.32. The number of carbonyl (C=O) groups excluding carboxylic acids is 1. The fourth-order valence-electron chi connectivity index (χ4n) is 3.10. The molecule has 0 heterocycles. The van der Waals surface area contributed by atoms with Crippen molar-refractivity contribution in [3.8, 4) is 0 Å². The number of nitrogens with one attached hydrogen (secondary N) is 1. The summed E-state index contributed by atoms with van der Waals surface area (Å²) in [6.45, 7) is 3.90. The molecule has 3 N–H and O–H groups in total. The number of nitrogens with two attached hydrogens (primary N) is 1. The summed E-state index contributed by atoms with van der Waals surface area (Å²) in [7, 11) is 0. The molecule has 3 heteroatoms. The van der Waals surface area contributed by atoms with Crippen molar-refractivity contribution in [3.05, 3.63) is 35.4 Å². The lowest BCUT2D eigenvalue weighted by atomic mass is 9.84. The normalized spacial score (nSPS) is 17.7. The summed E-state index contributed by atoms with van der Waals surface area (Å²) in [5, 5.41) is 2.86. The Hall–Kier alpha value is -1.35. The van der Waals surface area contributed by atoms with Crippen LogP contribution >= 0.6 is 0 Å². The average Bonchev–Trinajstić information content (AvgIpc) is 2.48. The van der Waals surface area contributed by atoms with Crippen LogP contribution in [0.1, 0.15) is 63.0 Å². The van der Waals surface area contributed by atoms with Crippen LogP contribution in [0.2, 0.25) is 0 Å². The second-order valence-corrected chi connectivity index (χ2v) is 6.55. The van der Waals surface area contributed by atoms with Gasteiger partial charge < -0.3 is 11.1 Å². The van der Waals surface area contributed by atoms with Crippen LogP contribution in [0.15, 0.2) is 24.3 Å². The van der Waals surface area contributed by atoms with Gasteiger partial charge in [-0.25, -0.2) is 0 Å². The maximum Gasteiger partial charge on any atom is 0.237 e. The first kappa shape index (κ1) is 16.0. The monoisotopic (exact) mass is 288 g/mol. The maximum atomic E-state index is 11.8. The number of carbonyl (C=O) groups is 1. The zero-order valence-corrected chi connectivity index (χ0v) is 13.3. The first-order valence-electron chi connectivity index (χ1n) is 8.21. The van der Waals surface area contributed by atoms with Crippen LogP contribution in [0.5, 0.6) is 0 Å². The Kier molecular flexibility index (Phi) is 5.80. The lowest BCUT2D eigenvalue weighted by molar-refractivity contribution is -0.122. The van der Waals surface area contributed by atoms with Crippen LogP contribution in [-0.4, -0.2) is 18.0 Å². The predicted octanol–water partition coefficient (Wildman–Crippen LogP) is 3.13. The molecule has 1 aromatic rings. The van der Waals surface area contributed by atoms with Gasteiger partial charge >= 0.3 is 0 Å². The zero-order chi connectivity index (χ0) is 15.2. The summed E-state index contributed by atoms with van der Waals surface area (Å²) in [6.07, 6.45) is 7.32. The van der Waals surface area contributed by atoms with Crippen molar-refractivity contribution >= 4 is 5.91 Å². The molecule has 0 spiro atoms.